The van der Waals surface area contributed by atoms with Crippen molar-refractivity contribution in [1.29, 1.82) is 0 Å². The van der Waals surface area contributed by atoms with E-state index in [-0.39, 0.29) is 0 Å². The van der Waals surface area contributed by atoms with Gasteiger partial charge in [0.25, 0.3) is 0 Å². The number of rotatable bonds is 3. The van der Waals surface area contributed by atoms with Gasteiger partial charge < -0.3 is 10.3 Å². The number of imidazole rings is 1. The summed E-state index contributed by atoms with van der Waals surface area (Å²) in [7, 11) is 1.87. The molecule has 0 aliphatic heterocycles. The molecule has 11 heavy (non-hydrogen) atoms. The zero-order valence-electron chi connectivity index (χ0n) is 6.32. The summed E-state index contributed by atoms with van der Waals surface area (Å²) >= 11 is 0. The number of hydrogen-bond donors (Lipinski definition) is 1. The molecule has 1 aromatic heterocycles. The third-order valence-corrected chi connectivity index (χ3v) is 1.34. The topological polar surface area (TPSA) is 60.9 Å². The molecule has 0 bridgehead atoms. The maximum absolute atomic E-state index is 10.0. The first-order valence-electron chi connectivity index (χ1n) is 3.32. The molecule has 1 atom stereocenters. The second-order valence-corrected chi connectivity index (χ2v) is 2.46. The van der Waals surface area contributed by atoms with Crippen LogP contribution in [0.1, 0.15) is 5.69 Å². The van der Waals surface area contributed by atoms with Gasteiger partial charge in [-0.15, -0.1) is 0 Å². The molecule has 1 rings (SSSR count). The fraction of sp³-hybridized carbons (Fsp3) is 0.429. The summed E-state index contributed by atoms with van der Waals surface area (Å²) in [5, 5.41) is 0. The molecule has 0 aliphatic rings. The van der Waals surface area contributed by atoms with Crippen LogP contribution in [0.15, 0.2) is 12.5 Å². The SMILES string of the molecule is Cn1cnc(C[C@H](N)[C]=O)c1. The van der Waals surface area contributed by atoms with Crippen molar-refractivity contribution in [1.82, 2.24) is 9.55 Å². The smallest absolute Gasteiger partial charge is 0.217 e. The lowest BCUT2D eigenvalue weighted by Crippen LogP contribution is -2.24. The largest absolute Gasteiger partial charge is 0.340 e. The number of carbonyl (C=O) groups excluding carboxylic acids is 1. The molecule has 0 saturated carbocycles. The van der Waals surface area contributed by atoms with E-state index in [4.69, 9.17) is 5.73 Å². The molecule has 0 amide bonds. The summed E-state index contributed by atoms with van der Waals surface area (Å²) in [4.78, 5) is 14.0. The van der Waals surface area contributed by atoms with Crippen molar-refractivity contribution < 1.29 is 4.79 Å². The molecule has 1 aromatic rings. The first kappa shape index (κ1) is 7.94. The van der Waals surface area contributed by atoms with Crippen molar-refractivity contribution in [2.75, 3.05) is 0 Å². The Bertz CT molecular complexity index is 244. The molecule has 0 aliphatic carbocycles. The Morgan fingerprint density at radius 3 is 3.09 bits per heavy atom. The van der Waals surface area contributed by atoms with E-state index in [2.05, 4.69) is 4.98 Å². The monoisotopic (exact) mass is 152 g/mol. The molecule has 0 fully saturated rings. The summed E-state index contributed by atoms with van der Waals surface area (Å²) in [6.45, 7) is 0. The molecule has 0 aromatic carbocycles. The highest BCUT2D eigenvalue weighted by molar-refractivity contribution is 5.58. The summed E-state index contributed by atoms with van der Waals surface area (Å²) < 4.78 is 1.81. The number of nitrogens with two attached hydrogens (primary N) is 1. The number of aryl methyl sites for hydroxylation is 1. The Labute approximate surface area is 65.0 Å². The van der Waals surface area contributed by atoms with Gasteiger partial charge in [-0.25, -0.2) is 4.98 Å². The molecule has 59 valence electrons. The van der Waals surface area contributed by atoms with Gasteiger partial charge in [0, 0.05) is 19.7 Å². The first-order chi connectivity index (χ1) is 5.22. The van der Waals surface area contributed by atoms with Crippen LogP contribution in [0.4, 0.5) is 0 Å². The van der Waals surface area contributed by atoms with Crippen LogP contribution in [0.3, 0.4) is 0 Å². The third-order valence-electron chi connectivity index (χ3n) is 1.34. The van der Waals surface area contributed by atoms with E-state index < -0.39 is 6.04 Å². The molecular weight excluding hydrogens is 142 g/mol. The molecule has 4 nitrogen and oxygen atoms in total. The van der Waals surface area contributed by atoms with Crippen molar-refractivity contribution in [3.8, 4) is 0 Å². The van der Waals surface area contributed by atoms with E-state index in [1.807, 2.05) is 17.8 Å². The van der Waals surface area contributed by atoms with Gasteiger partial charge in [0.15, 0.2) is 0 Å². The molecule has 4 heteroatoms. The van der Waals surface area contributed by atoms with E-state index >= 15 is 0 Å². The molecule has 0 unspecified atom stereocenters. The third kappa shape index (κ3) is 2.16. The fourth-order valence-corrected chi connectivity index (χ4v) is 0.839. The predicted molar refractivity (Wildman–Crippen MR) is 40.6 cm³/mol. The van der Waals surface area contributed by atoms with Gasteiger partial charge in [0.05, 0.1) is 18.1 Å². The average molecular weight is 152 g/mol. The van der Waals surface area contributed by atoms with Crippen molar-refractivity contribution in [2.24, 2.45) is 12.8 Å². The Morgan fingerprint density at radius 2 is 2.64 bits per heavy atom. The van der Waals surface area contributed by atoms with E-state index in [0.29, 0.717) is 6.42 Å². The zero-order chi connectivity index (χ0) is 8.27. The van der Waals surface area contributed by atoms with Gasteiger partial charge in [-0.2, -0.15) is 0 Å². The van der Waals surface area contributed by atoms with Crippen LogP contribution in [-0.4, -0.2) is 21.9 Å². The van der Waals surface area contributed by atoms with E-state index in [1.54, 1.807) is 12.6 Å². The van der Waals surface area contributed by atoms with E-state index in [1.165, 1.54) is 0 Å². The lowest BCUT2D eigenvalue weighted by molar-refractivity contribution is 0.540. The van der Waals surface area contributed by atoms with Gasteiger partial charge in [0.2, 0.25) is 6.29 Å². The maximum Gasteiger partial charge on any atom is 0.217 e. The van der Waals surface area contributed by atoms with Gasteiger partial charge in [-0.3, -0.25) is 4.79 Å². The van der Waals surface area contributed by atoms with Crippen LogP contribution in [-0.2, 0) is 18.3 Å². The Kier molecular flexibility index (Phi) is 2.38. The molecular formula is C7H10N3O. The lowest BCUT2D eigenvalue weighted by Gasteiger charge is -1.96. The minimum absolute atomic E-state index is 0.463. The summed E-state index contributed by atoms with van der Waals surface area (Å²) in [5.74, 6) is 0. The van der Waals surface area contributed by atoms with Crippen molar-refractivity contribution in [3.05, 3.63) is 18.2 Å². The highest BCUT2D eigenvalue weighted by atomic mass is 16.1. The second kappa shape index (κ2) is 3.30. The Balaban J connectivity index is 2.57. The first-order valence-corrected chi connectivity index (χ1v) is 3.32. The van der Waals surface area contributed by atoms with Crippen LogP contribution in [0.5, 0.6) is 0 Å². The van der Waals surface area contributed by atoms with Crippen LogP contribution in [0.2, 0.25) is 0 Å². The van der Waals surface area contributed by atoms with Crippen LogP contribution >= 0.6 is 0 Å². The molecule has 2 N–H and O–H groups in total. The summed E-state index contributed by atoms with van der Waals surface area (Å²) in [6.07, 6.45) is 5.67. The molecule has 0 saturated heterocycles. The van der Waals surface area contributed by atoms with Crippen LogP contribution < -0.4 is 5.73 Å². The van der Waals surface area contributed by atoms with E-state index in [9.17, 15) is 4.79 Å². The van der Waals surface area contributed by atoms with Crippen LogP contribution in [0, 0.1) is 0 Å². The molecule has 0 spiro atoms. The fourth-order valence-electron chi connectivity index (χ4n) is 0.839. The zero-order valence-corrected chi connectivity index (χ0v) is 6.32. The van der Waals surface area contributed by atoms with Crippen molar-refractivity contribution >= 4 is 6.29 Å². The number of hydrogen-bond acceptors (Lipinski definition) is 3. The maximum atomic E-state index is 10.0. The number of nitrogens with zero attached hydrogens (tertiary/aromatic N) is 2. The normalized spacial score (nSPS) is 12.9. The standard InChI is InChI=1S/C7H10N3O/c1-10-3-7(9-5-10)2-6(8)4-11/h3,5-6H,2,8H2,1H3/t6-/m0/s1. The minimum atomic E-state index is -0.551. The quantitative estimate of drug-likeness (QED) is 0.629. The van der Waals surface area contributed by atoms with Crippen molar-refractivity contribution in [2.45, 2.75) is 12.5 Å². The minimum Gasteiger partial charge on any atom is -0.340 e. The summed E-state index contributed by atoms with van der Waals surface area (Å²) in [6, 6.07) is -0.551. The molecule has 1 heterocycles. The molecule has 1 radical (unpaired) electrons. The van der Waals surface area contributed by atoms with Gasteiger partial charge in [0.1, 0.15) is 0 Å². The van der Waals surface area contributed by atoms with Gasteiger partial charge >= 0.3 is 0 Å². The number of aromatic nitrogens is 2. The predicted octanol–water partition coefficient (Wildman–Crippen LogP) is -0.600. The summed E-state index contributed by atoms with van der Waals surface area (Å²) in [5.41, 5.74) is 6.16. The van der Waals surface area contributed by atoms with E-state index in [0.717, 1.165) is 5.69 Å². The highest BCUT2D eigenvalue weighted by Crippen LogP contribution is 1.96. The Morgan fingerprint density at radius 1 is 1.91 bits per heavy atom. The highest BCUT2D eigenvalue weighted by Gasteiger charge is 2.04. The second-order valence-electron chi connectivity index (χ2n) is 2.46. The van der Waals surface area contributed by atoms with Crippen LogP contribution in [0.25, 0.3) is 0 Å². The average Bonchev–Trinajstić information content (AvgIpc) is 2.35. The van der Waals surface area contributed by atoms with Gasteiger partial charge in [-0.05, 0) is 0 Å². The lowest BCUT2D eigenvalue weighted by atomic mass is 10.2. The Hall–Kier alpha value is -1.16. The van der Waals surface area contributed by atoms with Gasteiger partial charge in [-0.1, -0.05) is 0 Å². The van der Waals surface area contributed by atoms with Crippen molar-refractivity contribution in [3.63, 3.8) is 0 Å².